The van der Waals surface area contributed by atoms with E-state index in [1.54, 1.807) is 30.3 Å². The van der Waals surface area contributed by atoms with Gasteiger partial charge in [-0.15, -0.1) is 0 Å². The van der Waals surface area contributed by atoms with Gasteiger partial charge in [-0.2, -0.15) is 0 Å². The van der Waals surface area contributed by atoms with Gasteiger partial charge in [-0.1, -0.05) is 44.2 Å². The lowest BCUT2D eigenvalue weighted by Gasteiger charge is -2.59. The molecule has 2 bridgehead atoms. The van der Waals surface area contributed by atoms with Crippen molar-refractivity contribution in [3.8, 4) is 0 Å². The highest BCUT2D eigenvalue weighted by Crippen LogP contribution is 2.60. The molecule has 0 radical (unpaired) electrons. The van der Waals surface area contributed by atoms with Gasteiger partial charge < -0.3 is 24.6 Å². The molecule has 9 atom stereocenters. The van der Waals surface area contributed by atoms with E-state index in [0.717, 1.165) is 19.3 Å². The van der Waals surface area contributed by atoms with E-state index >= 15 is 0 Å². The van der Waals surface area contributed by atoms with Crippen LogP contribution in [0.5, 0.6) is 0 Å². The molecular weight excluding hydrogens is 482 g/mol. The number of aliphatic carboxylic acids is 1. The Bertz CT molecular complexity index is 1030. The zero-order chi connectivity index (χ0) is 26.4. The fourth-order valence-electron chi connectivity index (χ4n) is 6.58. The number of hydrogen-bond donors (Lipinski definition) is 2. The van der Waals surface area contributed by atoms with Crippen molar-refractivity contribution >= 4 is 17.8 Å². The van der Waals surface area contributed by atoms with Gasteiger partial charge in [0.1, 0.15) is 0 Å². The smallest absolute Gasteiger partial charge is 0.330 e. The van der Waals surface area contributed by atoms with E-state index < -0.39 is 47.9 Å². The molecule has 0 aromatic heterocycles. The molecule has 4 heterocycles. The monoisotopic (exact) mass is 517 g/mol. The van der Waals surface area contributed by atoms with Crippen LogP contribution >= 0.6 is 0 Å². The summed E-state index contributed by atoms with van der Waals surface area (Å²) in [7, 11) is 0. The van der Waals surface area contributed by atoms with Gasteiger partial charge in [-0.25, -0.2) is 14.6 Å². The van der Waals surface area contributed by atoms with Crippen LogP contribution in [0.1, 0.15) is 70.9 Å². The second kappa shape index (κ2) is 9.98. The summed E-state index contributed by atoms with van der Waals surface area (Å²) in [5.41, 5.74) is -0.305. The van der Waals surface area contributed by atoms with Crippen LogP contribution in [-0.2, 0) is 38.4 Å². The predicted molar refractivity (Wildman–Crippen MR) is 127 cm³/mol. The summed E-state index contributed by atoms with van der Waals surface area (Å²) in [6.07, 6.45) is 1.48. The zero-order valence-electron chi connectivity index (χ0n) is 21.4. The highest BCUT2D eigenvalue weighted by atomic mass is 17.3. The summed E-state index contributed by atoms with van der Waals surface area (Å²) in [4.78, 5) is 48.7. The third kappa shape index (κ3) is 4.76. The number of carbonyl (C=O) groups excluding carboxylic acids is 2. The predicted octanol–water partition coefficient (Wildman–Crippen LogP) is 3.46. The Kier molecular flexibility index (Phi) is 7.04. The molecule has 2 unspecified atom stereocenters. The van der Waals surface area contributed by atoms with Crippen LogP contribution in [0, 0.1) is 23.7 Å². The molecule has 1 aliphatic carbocycles. The number of esters is 1. The van der Waals surface area contributed by atoms with Crippen molar-refractivity contribution < 1.29 is 43.5 Å². The Morgan fingerprint density at radius 2 is 1.84 bits per heavy atom. The minimum absolute atomic E-state index is 0.0124. The largest absolute Gasteiger partial charge is 0.479 e. The SMILES string of the molecule is C[C@H]1[C@H](OC(=O)CCC(=O)N[C@H](C(=O)O)c2ccccc2)O[C@@H]2OC3(C)CC[C@H]4[C@H](C)CC[C@@H]1C24OO3. The van der Waals surface area contributed by atoms with Crippen LogP contribution in [0.4, 0.5) is 0 Å². The van der Waals surface area contributed by atoms with Crippen molar-refractivity contribution in [2.24, 2.45) is 23.7 Å². The van der Waals surface area contributed by atoms with Crippen LogP contribution in [0.2, 0.25) is 0 Å². The quantitative estimate of drug-likeness (QED) is 0.412. The van der Waals surface area contributed by atoms with E-state index in [9.17, 15) is 19.5 Å². The van der Waals surface area contributed by atoms with Crippen molar-refractivity contribution in [2.45, 2.75) is 89.3 Å². The van der Waals surface area contributed by atoms with E-state index in [1.165, 1.54) is 0 Å². The molecule has 4 aliphatic heterocycles. The van der Waals surface area contributed by atoms with Gasteiger partial charge >= 0.3 is 11.9 Å². The van der Waals surface area contributed by atoms with Gasteiger partial charge in [0.2, 0.25) is 18.0 Å². The maximum atomic E-state index is 12.7. The number of carbonyl (C=O) groups is 3. The van der Waals surface area contributed by atoms with Crippen molar-refractivity contribution in [3.05, 3.63) is 35.9 Å². The number of rotatable bonds is 7. The van der Waals surface area contributed by atoms with E-state index in [2.05, 4.69) is 12.2 Å². The van der Waals surface area contributed by atoms with E-state index in [0.29, 0.717) is 17.9 Å². The lowest BCUT2D eigenvalue weighted by atomic mass is 9.58. The van der Waals surface area contributed by atoms with Gasteiger partial charge in [0.25, 0.3) is 0 Å². The molecule has 6 rings (SSSR count). The highest BCUT2D eigenvalue weighted by molar-refractivity contribution is 5.86. The van der Waals surface area contributed by atoms with Crippen molar-refractivity contribution in [1.82, 2.24) is 5.32 Å². The lowest BCUT2D eigenvalue weighted by Crippen LogP contribution is -2.70. The minimum Gasteiger partial charge on any atom is -0.479 e. The Morgan fingerprint density at radius 3 is 2.57 bits per heavy atom. The molecule has 1 spiro atoms. The third-order valence-electron chi connectivity index (χ3n) is 8.59. The molecule has 5 aliphatic rings. The van der Waals surface area contributed by atoms with Gasteiger partial charge in [-0.05, 0) is 43.6 Å². The van der Waals surface area contributed by atoms with Crippen LogP contribution in [0.15, 0.2) is 30.3 Å². The Balaban J connectivity index is 1.22. The first-order chi connectivity index (χ1) is 17.6. The molecule has 202 valence electrons. The average molecular weight is 518 g/mol. The standard InChI is InChI=1S/C27H35NO9/c1-15-9-10-19-16(2)24(34-25-27(19)18(15)13-14-26(3,35-25)36-37-27)33-21(30)12-11-20(29)28-22(23(31)32)17-7-5-4-6-8-17/h4-8,15-16,18-19,22,24-25H,9-14H2,1-3H3,(H,28,29)(H,31,32)/t15-,16-,18+,19+,22+,24-,25-,26?,27?/m1/s1. The summed E-state index contributed by atoms with van der Waals surface area (Å²) in [6.45, 7) is 6.04. The normalized spacial score (nSPS) is 39.1. The Morgan fingerprint density at radius 1 is 1.08 bits per heavy atom. The second-order valence-corrected chi connectivity index (χ2v) is 11.0. The molecule has 37 heavy (non-hydrogen) atoms. The fourth-order valence-corrected chi connectivity index (χ4v) is 6.58. The summed E-state index contributed by atoms with van der Waals surface area (Å²) >= 11 is 0. The Hall–Kier alpha value is -2.53. The molecule has 10 nitrogen and oxygen atoms in total. The van der Waals surface area contributed by atoms with E-state index in [1.807, 2.05) is 13.8 Å². The molecule has 1 saturated carbocycles. The molecule has 4 saturated heterocycles. The first-order valence-corrected chi connectivity index (χ1v) is 13.1. The number of hydrogen-bond acceptors (Lipinski definition) is 8. The van der Waals surface area contributed by atoms with Gasteiger partial charge in [-0.3, -0.25) is 9.59 Å². The maximum absolute atomic E-state index is 12.7. The summed E-state index contributed by atoms with van der Waals surface area (Å²) < 4.78 is 18.2. The first-order valence-electron chi connectivity index (χ1n) is 13.1. The number of ether oxygens (including phenoxy) is 3. The molecule has 10 heteroatoms. The minimum atomic E-state index is -1.20. The number of benzene rings is 1. The molecule has 1 aromatic rings. The van der Waals surface area contributed by atoms with Crippen LogP contribution < -0.4 is 5.32 Å². The summed E-state index contributed by atoms with van der Waals surface area (Å²) in [5, 5.41) is 12.0. The fraction of sp³-hybridized carbons (Fsp3) is 0.667. The van der Waals surface area contributed by atoms with Crippen molar-refractivity contribution in [2.75, 3.05) is 0 Å². The van der Waals surface area contributed by atoms with Gasteiger partial charge in [0.05, 0.1) is 6.42 Å². The van der Waals surface area contributed by atoms with Crippen LogP contribution in [0.3, 0.4) is 0 Å². The number of carboxylic acid groups (broad SMARTS) is 1. The molecule has 5 fully saturated rings. The van der Waals surface area contributed by atoms with E-state index in [-0.39, 0.29) is 30.6 Å². The first kappa shape index (κ1) is 26.1. The van der Waals surface area contributed by atoms with Crippen molar-refractivity contribution in [3.63, 3.8) is 0 Å². The number of fused-ring (bicyclic) bond motifs is 2. The second-order valence-electron chi connectivity index (χ2n) is 11.0. The molecule has 1 aromatic carbocycles. The summed E-state index contributed by atoms with van der Waals surface area (Å²) in [6, 6.07) is 7.19. The zero-order valence-corrected chi connectivity index (χ0v) is 21.4. The number of carboxylic acids is 1. The van der Waals surface area contributed by atoms with Crippen molar-refractivity contribution in [1.29, 1.82) is 0 Å². The summed E-state index contributed by atoms with van der Waals surface area (Å²) in [5.74, 6) is -2.80. The van der Waals surface area contributed by atoms with Gasteiger partial charge in [0.15, 0.2) is 17.9 Å². The number of amides is 1. The van der Waals surface area contributed by atoms with E-state index in [4.69, 9.17) is 24.0 Å². The highest BCUT2D eigenvalue weighted by Gasteiger charge is 2.69. The molecule has 2 N–H and O–H groups in total. The molecule has 1 amide bonds. The Labute approximate surface area is 215 Å². The lowest BCUT2D eigenvalue weighted by molar-refractivity contribution is -0.576. The third-order valence-corrected chi connectivity index (χ3v) is 8.59. The molecular formula is C27H35NO9. The topological polar surface area (TPSA) is 130 Å². The number of nitrogens with one attached hydrogen (secondary N) is 1. The van der Waals surface area contributed by atoms with Crippen LogP contribution in [0.25, 0.3) is 0 Å². The average Bonchev–Trinajstić information content (AvgIpc) is 3.10. The van der Waals surface area contributed by atoms with Crippen LogP contribution in [-0.4, -0.2) is 46.9 Å². The maximum Gasteiger partial charge on any atom is 0.330 e. The van der Waals surface area contributed by atoms with Gasteiger partial charge in [0, 0.05) is 24.7 Å².